The zero-order chi connectivity index (χ0) is 8.69. The highest BCUT2D eigenvalue weighted by molar-refractivity contribution is 14.1. The van der Waals surface area contributed by atoms with Crippen LogP contribution in [0.2, 0.25) is 0 Å². The van der Waals surface area contributed by atoms with Gasteiger partial charge < -0.3 is 4.74 Å². The minimum atomic E-state index is -0.0981. The second kappa shape index (κ2) is 7.57. The minimum Gasteiger partial charge on any atom is -0.468 e. The molecule has 0 aliphatic rings. The molecule has 0 aliphatic carbocycles. The summed E-state index contributed by atoms with van der Waals surface area (Å²) in [5.74, 6) is -0.0981. The number of hydrogen-bond acceptors (Lipinski definition) is 2. The molecule has 4 heteroatoms. The number of halogens is 2. The standard InChI is InChI=1S/C7H12I2O2/c1-11-7(10)6(9)4-2-3-5-8/h6H,2-5H2,1H3. The molecule has 0 radical (unpaired) electrons. The molecule has 0 bridgehead atoms. The van der Waals surface area contributed by atoms with E-state index >= 15 is 0 Å². The Kier molecular flexibility index (Phi) is 8.21. The van der Waals surface area contributed by atoms with Crippen LogP contribution in [0.3, 0.4) is 0 Å². The van der Waals surface area contributed by atoms with Crippen molar-refractivity contribution < 1.29 is 9.53 Å². The Labute approximate surface area is 94.7 Å². The van der Waals surface area contributed by atoms with E-state index in [2.05, 4.69) is 49.9 Å². The average Bonchev–Trinajstić information content (AvgIpc) is 2.03. The number of rotatable bonds is 5. The van der Waals surface area contributed by atoms with Gasteiger partial charge in [0, 0.05) is 0 Å². The van der Waals surface area contributed by atoms with E-state index in [1.807, 2.05) is 0 Å². The van der Waals surface area contributed by atoms with Gasteiger partial charge in [0.15, 0.2) is 0 Å². The number of alkyl halides is 2. The number of unbranched alkanes of at least 4 members (excludes halogenated alkanes) is 1. The van der Waals surface area contributed by atoms with E-state index in [1.54, 1.807) is 0 Å². The van der Waals surface area contributed by atoms with E-state index in [1.165, 1.54) is 18.0 Å². The molecule has 0 aromatic carbocycles. The van der Waals surface area contributed by atoms with E-state index in [0.29, 0.717) is 0 Å². The highest BCUT2D eigenvalue weighted by atomic mass is 127. The third kappa shape index (κ3) is 6.12. The average molecular weight is 382 g/mol. The third-order valence-corrected chi connectivity index (χ3v) is 3.19. The summed E-state index contributed by atoms with van der Waals surface area (Å²) < 4.78 is 5.81. The van der Waals surface area contributed by atoms with Gasteiger partial charge in [0.25, 0.3) is 0 Å². The fourth-order valence-electron chi connectivity index (χ4n) is 0.664. The van der Waals surface area contributed by atoms with Gasteiger partial charge in [0.05, 0.1) is 7.11 Å². The smallest absolute Gasteiger partial charge is 0.318 e. The van der Waals surface area contributed by atoms with Crippen LogP contribution in [0.5, 0.6) is 0 Å². The zero-order valence-electron chi connectivity index (χ0n) is 6.48. The summed E-state index contributed by atoms with van der Waals surface area (Å²) in [5.41, 5.74) is 0. The molecule has 0 aliphatic heterocycles. The lowest BCUT2D eigenvalue weighted by Crippen LogP contribution is -2.15. The van der Waals surface area contributed by atoms with Crippen LogP contribution in [0, 0.1) is 0 Å². The molecule has 1 unspecified atom stereocenters. The lowest BCUT2D eigenvalue weighted by atomic mass is 10.2. The maximum Gasteiger partial charge on any atom is 0.318 e. The fourth-order valence-corrected chi connectivity index (χ4v) is 1.90. The van der Waals surface area contributed by atoms with E-state index in [4.69, 9.17) is 0 Å². The topological polar surface area (TPSA) is 26.3 Å². The van der Waals surface area contributed by atoms with Crippen molar-refractivity contribution in [2.75, 3.05) is 11.5 Å². The van der Waals surface area contributed by atoms with Crippen LogP contribution in [0.15, 0.2) is 0 Å². The van der Waals surface area contributed by atoms with Gasteiger partial charge in [0.2, 0.25) is 0 Å². The Morgan fingerprint density at radius 2 is 2.18 bits per heavy atom. The summed E-state index contributed by atoms with van der Waals surface area (Å²) in [4.78, 5) is 10.9. The number of esters is 1. The third-order valence-electron chi connectivity index (χ3n) is 1.30. The summed E-state index contributed by atoms with van der Waals surface area (Å²) in [5, 5.41) is 0. The number of carbonyl (C=O) groups excluding carboxylic acids is 1. The quantitative estimate of drug-likeness (QED) is 0.316. The Hall–Kier alpha value is 0.930. The summed E-state index contributed by atoms with van der Waals surface area (Å²) in [6.45, 7) is 0. The van der Waals surface area contributed by atoms with Crippen molar-refractivity contribution in [3.05, 3.63) is 0 Å². The summed E-state index contributed by atoms with van der Waals surface area (Å²) in [6.07, 6.45) is 3.25. The SMILES string of the molecule is COC(=O)C(I)CCCCI. The molecule has 0 aromatic rings. The van der Waals surface area contributed by atoms with Crippen molar-refractivity contribution in [3.63, 3.8) is 0 Å². The number of carbonyl (C=O) groups is 1. The van der Waals surface area contributed by atoms with Crippen LogP contribution < -0.4 is 0 Å². The van der Waals surface area contributed by atoms with Crippen LogP contribution in [0.1, 0.15) is 19.3 Å². The molecule has 0 fully saturated rings. The first kappa shape index (κ1) is 11.9. The van der Waals surface area contributed by atoms with Crippen molar-refractivity contribution in [1.29, 1.82) is 0 Å². The van der Waals surface area contributed by atoms with Gasteiger partial charge in [-0.1, -0.05) is 51.6 Å². The first-order valence-electron chi connectivity index (χ1n) is 3.50. The molecular formula is C7H12I2O2. The minimum absolute atomic E-state index is 0.0422. The lowest BCUT2D eigenvalue weighted by Gasteiger charge is -2.05. The Bertz CT molecular complexity index is 117. The molecule has 0 heterocycles. The Morgan fingerprint density at radius 1 is 1.55 bits per heavy atom. The van der Waals surface area contributed by atoms with E-state index in [-0.39, 0.29) is 9.89 Å². The van der Waals surface area contributed by atoms with Crippen LogP contribution in [-0.2, 0) is 9.53 Å². The van der Waals surface area contributed by atoms with Crippen LogP contribution in [0.4, 0.5) is 0 Å². The van der Waals surface area contributed by atoms with Gasteiger partial charge in [-0.15, -0.1) is 0 Å². The van der Waals surface area contributed by atoms with E-state index in [9.17, 15) is 4.79 Å². The Morgan fingerprint density at radius 3 is 2.64 bits per heavy atom. The monoisotopic (exact) mass is 382 g/mol. The molecule has 66 valence electrons. The van der Waals surface area contributed by atoms with Crippen molar-refractivity contribution in [3.8, 4) is 0 Å². The lowest BCUT2D eigenvalue weighted by molar-refractivity contribution is -0.139. The summed E-state index contributed by atoms with van der Waals surface area (Å²) in [7, 11) is 1.44. The predicted molar refractivity (Wildman–Crippen MR) is 62.6 cm³/mol. The van der Waals surface area contributed by atoms with Gasteiger partial charge in [0.1, 0.15) is 3.92 Å². The van der Waals surface area contributed by atoms with E-state index in [0.717, 1.165) is 12.8 Å². The molecule has 0 amide bonds. The van der Waals surface area contributed by atoms with Gasteiger partial charge >= 0.3 is 5.97 Å². The first-order chi connectivity index (χ1) is 5.22. The van der Waals surface area contributed by atoms with Crippen molar-refractivity contribution >= 4 is 51.2 Å². The van der Waals surface area contributed by atoms with Crippen LogP contribution in [-0.4, -0.2) is 21.4 Å². The second-order valence-corrected chi connectivity index (χ2v) is 4.76. The maximum atomic E-state index is 10.9. The van der Waals surface area contributed by atoms with Gasteiger partial charge in [-0.3, -0.25) is 4.79 Å². The molecule has 0 rings (SSSR count). The van der Waals surface area contributed by atoms with E-state index < -0.39 is 0 Å². The molecular weight excluding hydrogens is 370 g/mol. The van der Waals surface area contributed by atoms with Gasteiger partial charge in [-0.05, 0) is 17.3 Å². The van der Waals surface area contributed by atoms with Gasteiger partial charge in [-0.2, -0.15) is 0 Å². The van der Waals surface area contributed by atoms with Crippen molar-refractivity contribution in [1.82, 2.24) is 0 Å². The molecule has 11 heavy (non-hydrogen) atoms. The van der Waals surface area contributed by atoms with Crippen molar-refractivity contribution in [2.45, 2.75) is 23.2 Å². The van der Waals surface area contributed by atoms with Gasteiger partial charge in [-0.25, -0.2) is 0 Å². The summed E-state index contributed by atoms with van der Waals surface area (Å²) >= 11 is 4.47. The summed E-state index contributed by atoms with van der Waals surface area (Å²) in [6, 6.07) is 0. The predicted octanol–water partition coefficient (Wildman–Crippen LogP) is 2.57. The normalized spacial score (nSPS) is 12.6. The molecule has 0 aromatic heterocycles. The number of methoxy groups -OCH3 is 1. The maximum absolute atomic E-state index is 10.9. The fraction of sp³-hybridized carbons (Fsp3) is 0.857. The molecule has 1 atom stereocenters. The number of hydrogen-bond donors (Lipinski definition) is 0. The second-order valence-electron chi connectivity index (χ2n) is 2.18. The largest absolute Gasteiger partial charge is 0.468 e. The van der Waals surface area contributed by atoms with Crippen LogP contribution in [0.25, 0.3) is 0 Å². The van der Waals surface area contributed by atoms with Crippen LogP contribution >= 0.6 is 45.2 Å². The molecule has 0 spiro atoms. The molecule has 0 saturated heterocycles. The number of ether oxygens (including phenoxy) is 1. The molecule has 0 N–H and O–H groups in total. The first-order valence-corrected chi connectivity index (χ1v) is 6.27. The molecule has 2 nitrogen and oxygen atoms in total. The Balaban J connectivity index is 3.36. The highest BCUT2D eigenvalue weighted by Gasteiger charge is 2.13. The highest BCUT2D eigenvalue weighted by Crippen LogP contribution is 2.12. The molecule has 0 saturated carbocycles. The van der Waals surface area contributed by atoms with Crippen molar-refractivity contribution in [2.24, 2.45) is 0 Å². The zero-order valence-corrected chi connectivity index (χ0v) is 10.8.